The van der Waals surface area contributed by atoms with E-state index in [4.69, 9.17) is 37.1 Å². The van der Waals surface area contributed by atoms with Crippen LogP contribution in [0.15, 0.2) is 34.7 Å². The number of rotatable bonds is 7. The van der Waals surface area contributed by atoms with Crippen LogP contribution in [0.3, 0.4) is 0 Å². The maximum atomic E-state index is 13.4. The normalized spacial score (nSPS) is 17.6. The molecule has 0 saturated carbocycles. The second-order valence-electron chi connectivity index (χ2n) is 9.05. The van der Waals surface area contributed by atoms with Crippen LogP contribution in [0.25, 0.3) is 0 Å². The summed E-state index contributed by atoms with van der Waals surface area (Å²) in [5, 5.41) is 10.0. The van der Waals surface area contributed by atoms with Crippen molar-refractivity contribution in [2.75, 3.05) is 32.8 Å². The van der Waals surface area contributed by atoms with Crippen LogP contribution in [0.2, 0.25) is 10.0 Å². The molecule has 12 heteroatoms. The van der Waals surface area contributed by atoms with Crippen LogP contribution in [-0.2, 0) is 9.53 Å². The topological polar surface area (TPSA) is 122 Å². The van der Waals surface area contributed by atoms with Gasteiger partial charge in [0.25, 0.3) is 11.9 Å². The quantitative estimate of drug-likeness (QED) is 0.475. The molecule has 10 nitrogen and oxygen atoms in total. The first kappa shape index (κ1) is 27.1. The van der Waals surface area contributed by atoms with Crippen LogP contribution in [0.4, 0.5) is 4.79 Å². The lowest BCUT2D eigenvalue weighted by Gasteiger charge is -2.39. The van der Waals surface area contributed by atoms with Gasteiger partial charge in [0.2, 0.25) is 5.91 Å². The zero-order valence-electron chi connectivity index (χ0n) is 20.5. The molecule has 2 aliphatic rings. The fraction of sp³-hybridized carbons (Fsp3) is 0.480. The molecule has 2 aliphatic heterocycles. The molecule has 2 fully saturated rings. The highest BCUT2D eigenvalue weighted by molar-refractivity contribution is 6.34. The summed E-state index contributed by atoms with van der Waals surface area (Å²) in [6.07, 6.45) is 1.74. The number of likely N-dealkylation sites (tertiary alicyclic amines) is 1. The second-order valence-corrected chi connectivity index (χ2v) is 9.92. The van der Waals surface area contributed by atoms with Gasteiger partial charge in [-0.3, -0.25) is 9.59 Å². The first-order valence-corrected chi connectivity index (χ1v) is 13.0. The molecule has 2 saturated heterocycles. The third-order valence-corrected chi connectivity index (χ3v) is 6.90. The van der Waals surface area contributed by atoms with Crippen molar-refractivity contribution in [2.24, 2.45) is 0 Å². The SMILES string of the molecule is CCOC(=O)N1CCC(NC(=O)C2(NC(=O)c3ccc(Oc4cc(Cl)cc(Cl)c4)o3)CCNCC2)CC1. The fourth-order valence-corrected chi connectivity index (χ4v) is 4.99. The van der Waals surface area contributed by atoms with Crippen molar-refractivity contribution in [3.05, 3.63) is 46.1 Å². The number of piperidine rings is 2. The number of carbonyl (C=O) groups is 3. The molecular weight excluding hydrogens is 523 g/mol. The van der Waals surface area contributed by atoms with Crippen molar-refractivity contribution in [1.82, 2.24) is 20.9 Å². The number of amides is 3. The zero-order valence-corrected chi connectivity index (χ0v) is 22.0. The van der Waals surface area contributed by atoms with Gasteiger partial charge in [0.05, 0.1) is 6.61 Å². The van der Waals surface area contributed by atoms with Gasteiger partial charge in [-0.25, -0.2) is 4.79 Å². The predicted octanol–water partition coefficient (Wildman–Crippen LogP) is 3.97. The number of benzene rings is 1. The smallest absolute Gasteiger partial charge is 0.409 e. The Hall–Kier alpha value is -2.95. The van der Waals surface area contributed by atoms with Crippen LogP contribution in [-0.4, -0.2) is 67.2 Å². The molecule has 0 atom stereocenters. The molecular formula is C25H30Cl2N4O6. The summed E-state index contributed by atoms with van der Waals surface area (Å²) in [5.41, 5.74) is -1.09. The minimum atomic E-state index is -1.09. The van der Waals surface area contributed by atoms with Gasteiger partial charge in [-0.15, -0.1) is 0 Å². The number of carbonyl (C=O) groups excluding carboxylic acids is 3. The van der Waals surface area contributed by atoms with Gasteiger partial charge in [-0.2, -0.15) is 0 Å². The molecule has 0 spiro atoms. The Balaban J connectivity index is 1.38. The molecule has 1 aromatic heterocycles. The van der Waals surface area contributed by atoms with E-state index in [1.807, 2.05) is 0 Å². The largest absolute Gasteiger partial charge is 0.450 e. The van der Waals surface area contributed by atoms with Gasteiger partial charge in [0.1, 0.15) is 11.3 Å². The molecule has 0 unspecified atom stereocenters. The minimum absolute atomic E-state index is 0.0107. The molecule has 0 bridgehead atoms. The Labute approximate surface area is 224 Å². The van der Waals surface area contributed by atoms with E-state index in [0.717, 1.165) is 0 Å². The molecule has 0 aliphatic carbocycles. The first-order chi connectivity index (χ1) is 17.8. The lowest BCUT2D eigenvalue weighted by atomic mass is 9.86. The summed E-state index contributed by atoms with van der Waals surface area (Å²) >= 11 is 12.0. The van der Waals surface area contributed by atoms with Gasteiger partial charge in [0, 0.05) is 35.2 Å². The zero-order chi connectivity index (χ0) is 26.4. The second kappa shape index (κ2) is 12.1. The monoisotopic (exact) mass is 552 g/mol. The van der Waals surface area contributed by atoms with Crippen LogP contribution < -0.4 is 20.7 Å². The molecule has 3 heterocycles. The van der Waals surface area contributed by atoms with Crippen LogP contribution in [0.1, 0.15) is 43.2 Å². The van der Waals surface area contributed by atoms with Gasteiger partial charge in [0.15, 0.2) is 5.76 Å². The Kier molecular flexibility index (Phi) is 8.83. The van der Waals surface area contributed by atoms with Gasteiger partial charge in [-0.1, -0.05) is 23.2 Å². The molecule has 37 heavy (non-hydrogen) atoms. The Morgan fingerprint density at radius 1 is 1.11 bits per heavy atom. The highest BCUT2D eigenvalue weighted by Gasteiger charge is 2.42. The van der Waals surface area contributed by atoms with Crippen LogP contribution in [0, 0.1) is 0 Å². The summed E-state index contributed by atoms with van der Waals surface area (Å²) in [5.74, 6) is -0.305. The fourth-order valence-electron chi connectivity index (χ4n) is 4.49. The number of ether oxygens (including phenoxy) is 2. The number of hydrogen-bond donors (Lipinski definition) is 3. The van der Waals surface area contributed by atoms with E-state index in [2.05, 4.69) is 16.0 Å². The maximum Gasteiger partial charge on any atom is 0.409 e. The summed E-state index contributed by atoms with van der Waals surface area (Å²) in [7, 11) is 0. The van der Waals surface area contributed by atoms with E-state index in [1.54, 1.807) is 30.0 Å². The highest BCUT2D eigenvalue weighted by Crippen LogP contribution is 2.30. The van der Waals surface area contributed by atoms with E-state index in [1.165, 1.54) is 12.1 Å². The molecule has 3 N–H and O–H groups in total. The summed E-state index contributed by atoms with van der Waals surface area (Å²) in [6.45, 7) is 4.25. The van der Waals surface area contributed by atoms with Crippen molar-refractivity contribution in [3.8, 4) is 11.7 Å². The minimum Gasteiger partial charge on any atom is -0.450 e. The van der Waals surface area contributed by atoms with Gasteiger partial charge < -0.3 is 34.7 Å². The van der Waals surface area contributed by atoms with Gasteiger partial charge in [-0.05, 0) is 70.0 Å². The van der Waals surface area contributed by atoms with Crippen molar-refractivity contribution < 1.29 is 28.3 Å². The van der Waals surface area contributed by atoms with Crippen LogP contribution in [0.5, 0.6) is 11.7 Å². The number of nitrogens with one attached hydrogen (secondary N) is 3. The summed E-state index contributed by atoms with van der Waals surface area (Å²) < 4.78 is 16.3. The van der Waals surface area contributed by atoms with Crippen LogP contribution >= 0.6 is 23.2 Å². The molecule has 1 aromatic carbocycles. The average Bonchev–Trinajstić information content (AvgIpc) is 3.33. The maximum absolute atomic E-state index is 13.4. The van der Waals surface area contributed by atoms with E-state index >= 15 is 0 Å². The van der Waals surface area contributed by atoms with Gasteiger partial charge >= 0.3 is 6.09 Å². The average molecular weight is 553 g/mol. The molecule has 2 aromatic rings. The molecule has 200 valence electrons. The van der Waals surface area contributed by atoms with Crippen molar-refractivity contribution in [3.63, 3.8) is 0 Å². The number of nitrogens with zero attached hydrogens (tertiary/aromatic N) is 1. The standard InChI is InChI=1S/C25H30Cl2N4O6/c1-2-35-24(34)31-11-5-18(6-12-31)29-23(33)25(7-9-28-10-8-25)30-22(32)20-3-4-21(37-20)36-19-14-16(26)13-17(27)15-19/h3-4,13-15,18,28H,2,5-12H2,1H3,(H,29,33)(H,30,32). The van der Waals surface area contributed by atoms with Crippen molar-refractivity contribution in [1.29, 1.82) is 0 Å². The van der Waals surface area contributed by atoms with E-state index in [9.17, 15) is 14.4 Å². The predicted molar refractivity (Wildman–Crippen MR) is 137 cm³/mol. The Morgan fingerprint density at radius 2 is 1.78 bits per heavy atom. The summed E-state index contributed by atoms with van der Waals surface area (Å²) in [6, 6.07) is 7.60. The van der Waals surface area contributed by atoms with Crippen molar-refractivity contribution in [2.45, 2.75) is 44.2 Å². The number of furan rings is 1. The molecule has 3 amide bonds. The van der Waals surface area contributed by atoms with Crippen molar-refractivity contribution >= 4 is 41.1 Å². The molecule has 4 rings (SSSR count). The lowest BCUT2D eigenvalue weighted by molar-refractivity contribution is -0.129. The molecule has 0 radical (unpaired) electrons. The number of hydrogen-bond acceptors (Lipinski definition) is 7. The third kappa shape index (κ3) is 6.88. The lowest BCUT2D eigenvalue weighted by Crippen LogP contribution is -2.64. The number of halogens is 2. The highest BCUT2D eigenvalue weighted by atomic mass is 35.5. The van der Waals surface area contributed by atoms with E-state index in [-0.39, 0.29) is 29.7 Å². The first-order valence-electron chi connectivity index (χ1n) is 12.3. The third-order valence-electron chi connectivity index (χ3n) is 6.46. The Morgan fingerprint density at radius 3 is 2.43 bits per heavy atom. The Bertz CT molecular complexity index is 1110. The van der Waals surface area contributed by atoms with E-state index in [0.29, 0.717) is 74.3 Å². The summed E-state index contributed by atoms with van der Waals surface area (Å²) in [4.78, 5) is 40.1. The van der Waals surface area contributed by atoms with E-state index < -0.39 is 11.4 Å².